The Bertz CT molecular complexity index is 563. The molecule has 6 nitrogen and oxygen atoms in total. The molecule has 2 rings (SSSR count). The van der Waals surface area contributed by atoms with Crippen molar-refractivity contribution in [2.75, 3.05) is 13.1 Å². The maximum absolute atomic E-state index is 12.6. The van der Waals surface area contributed by atoms with E-state index < -0.39 is 16.4 Å². The molecule has 2 heterocycles. The number of hydrogen-bond acceptors (Lipinski definition) is 5. The van der Waals surface area contributed by atoms with Crippen LogP contribution in [0.4, 0.5) is 4.79 Å². The normalized spacial score (nSPS) is 18.1. The Morgan fingerprint density at radius 3 is 2.41 bits per heavy atom. The average Bonchev–Trinajstić information content (AvgIpc) is 2.45. The zero-order chi connectivity index (χ0) is 16.3. The summed E-state index contributed by atoms with van der Waals surface area (Å²) in [5, 5.41) is 0.562. The molecule has 0 aliphatic carbocycles. The van der Waals surface area contributed by atoms with Gasteiger partial charge in [-0.3, -0.25) is 9.19 Å². The van der Waals surface area contributed by atoms with Crippen LogP contribution in [0.15, 0.2) is 17.4 Å². The molecule has 122 valence electrons. The van der Waals surface area contributed by atoms with E-state index in [9.17, 15) is 9.00 Å². The first-order chi connectivity index (χ1) is 10.3. The molecular weight excluding hydrogens is 302 g/mol. The lowest BCUT2D eigenvalue weighted by molar-refractivity contribution is 0.0218. The number of carbonyl (C=O) groups excluding carboxylic acids is 1. The van der Waals surface area contributed by atoms with Crippen LogP contribution in [0.2, 0.25) is 0 Å². The van der Waals surface area contributed by atoms with Crippen molar-refractivity contribution in [2.24, 2.45) is 0 Å². The molecule has 1 atom stereocenters. The Hall–Kier alpha value is -1.50. The second kappa shape index (κ2) is 6.73. The smallest absolute Gasteiger partial charge is 0.410 e. The highest BCUT2D eigenvalue weighted by atomic mass is 32.2. The van der Waals surface area contributed by atoms with E-state index in [1.165, 1.54) is 0 Å². The van der Waals surface area contributed by atoms with Gasteiger partial charge in [-0.2, -0.15) is 0 Å². The molecule has 1 aliphatic rings. The van der Waals surface area contributed by atoms with Crippen molar-refractivity contribution in [3.63, 3.8) is 0 Å². The quantitative estimate of drug-likeness (QED) is 0.834. The van der Waals surface area contributed by atoms with E-state index in [0.717, 1.165) is 0 Å². The van der Waals surface area contributed by atoms with Gasteiger partial charge in [0.25, 0.3) is 0 Å². The Kier molecular flexibility index (Phi) is 5.16. The summed E-state index contributed by atoms with van der Waals surface area (Å²) in [6.07, 6.45) is 4.23. The molecule has 1 aromatic rings. The zero-order valence-electron chi connectivity index (χ0n) is 13.5. The largest absolute Gasteiger partial charge is 0.444 e. The predicted octanol–water partition coefficient (Wildman–Crippen LogP) is 2.29. The van der Waals surface area contributed by atoms with Gasteiger partial charge in [-0.1, -0.05) is 0 Å². The molecule has 0 radical (unpaired) electrons. The van der Waals surface area contributed by atoms with Gasteiger partial charge in [0.1, 0.15) is 10.6 Å². The summed E-state index contributed by atoms with van der Waals surface area (Å²) in [5.74, 6) is 0. The van der Waals surface area contributed by atoms with Gasteiger partial charge in [-0.25, -0.2) is 9.78 Å². The summed E-state index contributed by atoms with van der Waals surface area (Å²) in [4.78, 5) is 22.0. The molecule has 0 N–H and O–H groups in total. The fraction of sp³-hybridized carbons (Fsp3) is 0.667. The Morgan fingerprint density at radius 1 is 1.27 bits per heavy atom. The molecule has 1 aliphatic heterocycles. The Morgan fingerprint density at radius 2 is 1.86 bits per heavy atom. The first-order valence-corrected chi connectivity index (χ1v) is 8.65. The lowest BCUT2D eigenvalue weighted by atomic mass is 10.1. The van der Waals surface area contributed by atoms with Crippen LogP contribution in [-0.4, -0.2) is 49.1 Å². The standard InChI is InChI=1S/C15H23N3O3S/c1-11-13(17-8-7-16-11)22(20)12-5-9-18(10-6-12)14(19)21-15(2,3)4/h7-8,12H,5-6,9-10H2,1-4H3. The van der Waals surface area contributed by atoms with Gasteiger partial charge in [-0.15, -0.1) is 0 Å². The predicted molar refractivity (Wildman–Crippen MR) is 84.0 cm³/mol. The molecule has 1 amide bonds. The number of ether oxygens (including phenoxy) is 1. The zero-order valence-corrected chi connectivity index (χ0v) is 14.4. The molecule has 7 heteroatoms. The van der Waals surface area contributed by atoms with Gasteiger partial charge in [0.05, 0.1) is 16.5 Å². The van der Waals surface area contributed by atoms with Crippen LogP contribution in [-0.2, 0) is 15.5 Å². The van der Waals surface area contributed by atoms with Crippen LogP contribution in [0, 0.1) is 6.92 Å². The molecule has 1 fully saturated rings. The third-order valence-corrected chi connectivity index (χ3v) is 5.28. The number of amides is 1. The molecular formula is C15H23N3O3S. The molecule has 0 bridgehead atoms. The highest BCUT2D eigenvalue weighted by Crippen LogP contribution is 2.22. The Labute approximate surface area is 133 Å². The minimum Gasteiger partial charge on any atom is -0.444 e. The van der Waals surface area contributed by atoms with Crippen LogP contribution in [0.5, 0.6) is 0 Å². The number of likely N-dealkylation sites (tertiary alicyclic amines) is 1. The van der Waals surface area contributed by atoms with Crippen LogP contribution < -0.4 is 0 Å². The number of hydrogen-bond donors (Lipinski definition) is 0. The summed E-state index contributed by atoms with van der Waals surface area (Å²) < 4.78 is 18.0. The van der Waals surface area contributed by atoms with Gasteiger partial charge in [-0.05, 0) is 40.5 Å². The first kappa shape index (κ1) is 16.9. The van der Waals surface area contributed by atoms with E-state index in [2.05, 4.69) is 9.97 Å². The SMILES string of the molecule is Cc1nccnc1S(=O)C1CCN(C(=O)OC(C)(C)C)CC1. The molecule has 0 saturated carbocycles. The summed E-state index contributed by atoms with van der Waals surface area (Å²) in [6, 6.07) is 0. The van der Waals surface area contributed by atoms with Gasteiger partial charge >= 0.3 is 6.09 Å². The van der Waals surface area contributed by atoms with Crippen molar-refractivity contribution in [1.82, 2.24) is 14.9 Å². The Balaban J connectivity index is 1.94. The number of aryl methyl sites for hydroxylation is 1. The van der Waals surface area contributed by atoms with Crippen molar-refractivity contribution in [3.05, 3.63) is 18.1 Å². The fourth-order valence-electron chi connectivity index (χ4n) is 2.33. The lowest BCUT2D eigenvalue weighted by Crippen LogP contribution is -2.43. The molecule has 22 heavy (non-hydrogen) atoms. The van der Waals surface area contributed by atoms with E-state index in [-0.39, 0.29) is 11.3 Å². The number of piperidine rings is 1. The van der Waals surface area contributed by atoms with Crippen LogP contribution >= 0.6 is 0 Å². The maximum Gasteiger partial charge on any atom is 0.410 e. The summed E-state index contributed by atoms with van der Waals surface area (Å²) >= 11 is 0. The fourth-order valence-corrected chi connectivity index (χ4v) is 3.79. The van der Waals surface area contributed by atoms with Gasteiger partial charge in [0.2, 0.25) is 0 Å². The third-order valence-electron chi connectivity index (χ3n) is 3.42. The van der Waals surface area contributed by atoms with Gasteiger partial charge in [0.15, 0.2) is 0 Å². The highest BCUT2D eigenvalue weighted by Gasteiger charge is 2.30. The molecule has 1 aromatic heterocycles. The number of nitrogens with zero attached hydrogens (tertiary/aromatic N) is 3. The summed E-state index contributed by atoms with van der Waals surface area (Å²) in [6.45, 7) is 8.49. The van der Waals surface area contributed by atoms with Crippen molar-refractivity contribution >= 4 is 16.9 Å². The highest BCUT2D eigenvalue weighted by molar-refractivity contribution is 7.85. The monoisotopic (exact) mass is 325 g/mol. The number of rotatable bonds is 2. The second-order valence-electron chi connectivity index (χ2n) is 6.41. The van der Waals surface area contributed by atoms with Crippen molar-refractivity contribution in [2.45, 2.75) is 56.4 Å². The van der Waals surface area contributed by atoms with E-state index >= 15 is 0 Å². The van der Waals surface area contributed by atoms with E-state index in [1.54, 1.807) is 17.3 Å². The number of carbonyl (C=O) groups is 1. The molecule has 0 spiro atoms. The van der Waals surface area contributed by atoms with E-state index in [0.29, 0.717) is 36.7 Å². The second-order valence-corrected chi connectivity index (χ2v) is 8.06. The van der Waals surface area contributed by atoms with E-state index in [1.807, 2.05) is 27.7 Å². The summed E-state index contributed by atoms with van der Waals surface area (Å²) in [7, 11) is -1.18. The molecule has 0 aromatic carbocycles. The van der Waals surface area contributed by atoms with Crippen molar-refractivity contribution < 1.29 is 13.7 Å². The third kappa shape index (κ3) is 4.25. The van der Waals surface area contributed by atoms with E-state index in [4.69, 9.17) is 4.74 Å². The minimum atomic E-state index is -1.18. The van der Waals surface area contributed by atoms with Crippen LogP contribution in [0.1, 0.15) is 39.3 Å². The topological polar surface area (TPSA) is 72.4 Å². The average molecular weight is 325 g/mol. The van der Waals surface area contributed by atoms with Crippen molar-refractivity contribution in [1.29, 1.82) is 0 Å². The molecule has 1 unspecified atom stereocenters. The van der Waals surface area contributed by atoms with Gasteiger partial charge in [0, 0.05) is 30.7 Å². The number of aromatic nitrogens is 2. The van der Waals surface area contributed by atoms with Crippen molar-refractivity contribution in [3.8, 4) is 0 Å². The van der Waals surface area contributed by atoms with Crippen LogP contribution in [0.3, 0.4) is 0 Å². The minimum absolute atomic E-state index is 0.00841. The molecule has 1 saturated heterocycles. The first-order valence-electron chi connectivity index (χ1n) is 7.44. The van der Waals surface area contributed by atoms with Gasteiger partial charge < -0.3 is 9.64 Å². The maximum atomic E-state index is 12.6. The lowest BCUT2D eigenvalue weighted by Gasteiger charge is -2.33. The van der Waals surface area contributed by atoms with Crippen LogP contribution in [0.25, 0.3) is 0 Å². The summed E-state index contributed by atoms with van der Waals surface area (Å²) in [5.41, 5.74) is 0.212.